The summed E-state index contributed by atoms with van der Waals surface area (Å²) < 4.78 is 29.0. The fourth-order valence-electron chi connectivity index (χ4n) is 4.61. The maximum atomic E-state index is 14.4. The predicted octanol–water partition coefficient (Wildman–Crippen LogP) is 3.59. The van der Waals surface area contributed by atoms with Gasteiger partial charge >= 0.3 is 5.69 Å². The average molecular weight is 459 g/mol. The fraction of sp³-hybridized carbons (Fsp3) is 0.240. The molecule has 6 rings (SSSR count). The van der Waals surface area contributed by atoms with Crippen LogP contribution in [0.1, 0.15) is 5.56 Å². The molecule has 4 aromatic heterocycles. The Morgan fingerprint density at radius 2 is 2.03 bits per heavy atom. The number of ether oxygens (including phenoxy) is 2. The summed E-state index contributed by atoms with van der Waals surface area (Å²) in [7, 11) is 0. The third kappa shape index (κ3) is 3.32. The Morgan fingerprint density at radius 3 is 2.82 bits per heavy atom. The lowest BCUT2D eigenvalue weighted by Gasteiger charge is -2.23. The Balaban J connectivity index is 1.55. The molecule has 5 aromatic rings. The molecule has 8 nitrogen and oxygen atoms in total. The van der Waals surface area contributed by atoms with Gasteiger partial charge < -0.3 is 14.5 Å². The second-order valence-electron chi connectivity index (χ2n) is 8.36. The van der Waals surface area contributed by atoms with Crippen molar-refractivity contribution in [1.82, 2.24) is 24.1 Å². The zero-order valence-corrected chi connectivity index (χ0v) is 18.5. The van der Waals surface area contributed by atoms with Crippen molar-refractivity contribution in [2.75, 3.05) is 19.8 Å². The number of rotatable bonds is 4. The SMILES string of the molecule is Cc1c(-c2cnc3c(c2)n(C[C@H]2COCCO2)c(=O)n3-c2ccccc2)cnc2[nH]cc(F)c12. The Kier molecular flexibility index (Phi) is 5.00. The van der Waals surface area contributed by atoms with Crippen LogP contribution in [0.3, 0.4) is 0 Å². The first-order valence-electron chi connectivity index (χ1n) is 11.1. The molecule has 34 heavy (non-hydrogen) atoms. The number of hydrogen-bond donors (Lipinski definition) is 1. The molecule has 0 radical (unpaired) electrons. The van der Waals surface area contributed by atoms with Gasteiger partial charge in [0.2, 0.25) is 0 Å². The third-order valence-corrected chi connectivity index (χ3v) is 6.28. The van der Waals surface area contributed by atoms with Gasteiger partial charge in [0.1, 0.15) is 11.5 Å². The van der Waals surface area contributed by atoms with Gasteiger partial charge in [0.25, 0.3) is 0 Å². The van der Waals surface area contributed by atoms with E-state index < -0.39 is 0 Å². The van der Waals surface area contributed by atoms with Crippen LogP contribution in [-0.4, -0.2) is 50.0 Å². The van der Waals surface area contributed by atoms with Gasteiger partial charge in [0, 0.05) is 29.7 Å². The van der Waals surface area contributed by atoms with Crippen LogP contribution in [0, 0.1) is 12.7 Å². The highest BCUT2D eigenvalue weighted by atomic mass is 19.1. The summed E-state index contributed by atoms with van der Waals surface area (Å²) in [6.07, 6.45) is 4.47. The summed E-state index contributed by atoms with van der Waals surface area (Å²) in [6.45, 7) is 3.66. The van der Waals surface area contributed by atoms with E-state index in [1.165, 1.54) is 6.20 Å². The molecule has 1 fully saturated rings. The van der Waals surface area contributed by atoms with Crippen molar-refractivity contribution in [3.63, 3.8) is 0 Å². The van der Waals surface area contributed by atoms with Crippen molar-refractivity contribution in [3.8, 4) is 16.8 Å². The lowest BCUT2D eigenvalue weighted by Crippen LogP contribution is -2.35. The van der Waals surface area contributed by atoms with Crippen molar-refractivity contribution in [2.24, 2.45) is 0 Å². The number of nitrogens with one attached hydrogen (secondary N) is 1. The van der Waals surface area contributed by atoms with Crippen LogP contribution in [0.25, 0.3) is 39.0 Å². The number of pyridine rings is 2. The van der Waals surface area contributed by atoms with E-state index >= 15 is 0 Å². The summed E-state index contributed by atoms with van der Waals surface area (Å²) in [6, 6.07) is 11.3. The number of H-pyrrole nitrogens is 1. The van der Waals surface area contributed by atoms with Gasteiger partial charge in [-0.1, -0.05) is 18.2 Å². The second-order valence-corrected chi connectivity index (χ2v) is 8.36. The van der Waals surface area contributed by atoms with Gasteiger partial charge in [0.15, 0.2) is 5.65 Å². The van der Waals surface area contributed by atoms with E-state index in [2.05, 4.69) is 15.0 Å². The van der Waals surface area contributed by atoms with Crippen molar-refractivity contribution in [2.45, 2.75) is 19.6 Å². The molecule has 1 aromatic carbocycles. The van der Waals surface area contributed by atoms with Crippen LogP contribution in [0.15, 0.2) is 59.8 Å². The minimum atomic E-state index is -0.350. The molecule has 0 spiro atoms. The fourth-order valence-corrected chi connectivity index (χ4v) is 4.61. The van der Waals surface area contributed by atoms with Crippen LogP contribution in [0.2, 0.25) is 0 Å². The summed E-state index contributed by atoms with van der Waals surface area (Å²) >= 11 is 0. The predicted molar refractivity (Wildman–Crippen MR) is 126 cm³/mol. The second kappa shape index (κ2) is 8.19. The van der Waals surface area contributed by atoms with E-state index in [0.717, 1.165) is 22.4 Å². The van der Waals surface area contributed by atoms with E-state index in [1.54, 1.807) is 21.5 Å². The zero-order valence-electron chi connectivity index (χ0n) is 18.5. The molecule has 0 aliphatic carbocycles. The van der Waals surface area contributed by atoms with E-state index in [0.29, 0.717) is 48.6 Å². The molecule has 1 aliphatic rings. The van der Waals surface area contributed by atoms with Crippen LogP contribution in [-0.2, 0) is 16.0 Å². The molecule has 0 unspecified atom stereocenters. The van der Waals surface area contributed by atoms with E-state index in [4.69, 9.17) is 9.47 Å². The minimum Gasteiger partial charge on any atom is -0.376 e. The highest BCUT2D eigenvalue weighted by Crippen LogP contribution is 2.31. The van der Waals surface area contributed by atoms with E-state index in [-0.39, 0.29) is 17.6 Å². The quantitative estimate of drug-likeness (QED) is 0.444. The maximum Gasteiger partial charge on any atom is 0.335 e. The van der Waals surface area contributed by atoms with Crippen molar-refractivity contribution >= 4 is 22.2 Å². The monoisotopic (exact) mass is 459 g/mol. The van der Waals surface area contributed by atoms with Crippen molar-refractivity contribution in [3.05, 3.63) is 76.9 Å². The molecule has 0 bridgehead atoms. The summed E-state index contributed by atoms with van der Waals surface area (Å²) in [5.41, 5.74) is 4.47. The number of benzene rings is 1. The highest BCUT2D eigenvalue weighted by molar-refractivity contribution is 5.89. The topological polar surface area (TPSA) is 87.0 Å². The minimum absolute atomic E-state index is 0.206. The first-order valence-corrected chi connectivity index (χ1v) is 11.1. The molecular formula is C25H22FN5O3. The summed E-state index contributed by atoms with van der Waals surface area (Å²) in [4.78, 5) is 25.5. The van der Waals surface area contributed by atoms with Crippen LogP contribution >= 0.6 is 0 Å². The molecule has 1 N–H and O–H groups in total. The molecule has 0 saturated carbocycles. The van der Waals surface area contributed by atoms with Gasteiger partial charge in [0.05, 0.1) is 49.1 Å². The Hall–Kier alpha value is -3.82. The first kappa shape index (κ1) is 20.8. The van der Waals surface area contributed by atoms with E-state index in [1.807, 2.05) is 43.3 Å². The van der Waals surface area contributed by atoms with Gasteiger partial charge in [-0.25, -0.2) is 23.7 Å². The number of nitrogens with zero attached hydrogens (tertiary/aromatic N) is 4. The van der Waals surface area contributed by atoms with Crippen molar-refractivity contribution in [1.29, 1.82) is 0 Å². The molecule has 172 valence electrons. The molecule has 0 amide bonds. The van der Waals surface area contributed by atoms with E-state index in [9.17, 15) is 9.18 Å². The number of aromatic amines is 1. The first-order chi connectivity index (χ1) is 16.6. The number of fused-ring (bicyclic) bond motifs is 2. The smallest absolute Gasteiger partial charge is 0.335 e. The van der Waals surface area contributed by atoms with Gasteiger partial charge in [-0.15, -0.1) is 0 Å². The number of aryl methyl sites for hydroxylation is 1. The van der Waals surface area contributed by atoms with Gasteiger partial charge in [-0.2, -0.15) is 0 Å². The van der Waals surface area contributed by atoms with Gasteiger partial charge in [-0.3, -0.25) is 4.57 Å². The Labute approximate surface area is 193 Å². The van der Waals surface area contributed by atoms with Crippen molar-refractivity contribution < 1.29 is 13.9 Å². The van der Waals surface area contributed by atoms with Crippen LogP contribution in [0.5, 0.6) is 0 Å². The van der Waals surface area contributed by atoms with Gasteiger partial charge in [-0.05, 0) is 30.7 Å². The summed E-state index contributed by atoms with van der Waals surface area (Å²) in [5.74, 6) is -0.350. The lowest BCUT2D eigenvalue weighted by atomic mass is 10.0. The number of aromatic nitrogens is 5. The Morgan fingerprint density at radius 1 is 1.18 bits per heavy atom. The van der Waals surface area contributed by atoms with Crippen LogP contribution < -0.4 is 5.69 Å². The third-order valence-electron chi connectivity index (χ3n) is 6.28. The number of imidazole rings is 1. The largest absolute Gasteiger partial charge is 0.376 e. The number of halogens is 1. The normalized spacial score (nSPS) is 16.5. The number of hydrogen-bond acceptors (Lipinski definition) is 5. The summed E-state index contributed by atoms with van der Waals surface area (Å²) in [5, 5.41) is 0.449. The highest BCUT2D eigenvalue weighted by Gasteiger charge is 2.22. The molecule has 1 atom stereocenters. The number of para-hydroxylation sites is 1. The standard InChI is InChI=1S/C25H22FN5O3/c1-15-19(11-27-23-22(15)20(26)12-28-23)16-9-21-24(29-10-16)31(17-5-3-2-4-6-17)25(32)30(21)13-18-14-33-7-8-34-18/h2-6,9-12,18H,7-8,13-14H2,1H3,(H,27,28)/t18-/m0/s1. The molecule has 5 heterocycles. The zero-order chi connectivity index (χ0) is 23.2. The molecular weight excluding hydrogens is 437 g/mol. The van der Waals surface area contributed by atoms with Crippen LogP contribution in [0.4, 0.5) is 4.39 Å². The molecule has 1 saturated heterocycles. The lowest BCUT2D eigenvalue weighted by molar-refractivity contribution is -0.0935. The maximum absolute atomic E-state index is 14.4. The Bertz CT molecular complexity index is 1560. The molecule has 1 aliphatic heterocycles. The molecule has 9 heteroatoms. The average Bonchev–Trinajstić information content (AvgIpc) is 3.38.